The number of anilines is 1. The molecular weight excluding hydrogens is 534 g/mol. The molecule has 0 radical (unpaired) electrons. The predicted octanol–water partition coefficient (Wildman–Crippen LogP) is 5.32. The number of nitrogens with one attached hydrogen (secondary N) is 1. The maximum Gasteiger partial charge on any atom is 0.264 e. The lowest BCUT2D eigenvalue weighted by Crippen LogP contribution is -2.52. The van der Waals surface area contributed by atoms with Crippen LogP contribution in [0.3, 0.4) is 0 Å². The molecule has 1 aliphatic carbocycles. The van der Waals surface area contributed by atoms with Crippen LogP contribution in [0.5, 0.6) is 0 Å². The lowest BCUT2D eigenvalue weighted by Gasteiger charge is -2.32. The van der Waals surface area contributed by atoms with Crippen molar-refractivity contribution in [2.24, 2.45) is 0 Å². The van der Waals surface area contributed by atoms with Gasteiger partial charge in [0.15, 0.2) is 0 Å². The van der Waals surface area contributed by atoms with E-state index in [1.165, 1.54) is 29.2 Å². The van der Waals surface area contributed by atoms with Crippen LogP contribution in [-0.4, -0.2) is 43.8 Å². The lowest BCUT2D eigenvalue weighted by molar-refractivity contribution is -0.139. The first-order valence-electron chi connectivity index (χ1n) is 13.1. The average molecular weight is 568 g/mol. The van der Waals surface area contributed by atoms with Crippen molar-refractivity contribution < 1.29 is 18.0 Å². The molecule has 0 saturated heterocycles. The fourth-order valence-electron chi connectivity index (χ4n) is 4.80. The molecule has 1 fully saturated rings. The van der Waals surface area contributed by atoms with Gasteiger partial charge in [0.25, 0.3) is 10.0 Å². The minimum absolute atomic E-state index is 0.0165. The number of carbonyl (C=O) groups is 2. The highest BCUT2D eigenvalue weighted by Crippen LogP contribution is 2.26. The zero-order chi connectivity index (χ0) is 28.0. The van der Waals surface area contributed by atoms with Gasteiger partial charge in [-0.2, -0.15) is 0 Å². The second kappa shape index (κ2) is 12.7. The number of hydrogen-bond acceptors (Lipinski definition) is 4. The Morgan fingerprint density at radius 2 is 1.64 bits per heavy atom. The van der Waals surface area contributed by atoms with Crippen molar-refractivity contribution in [1.82, 2.24) is 10.2 Å². The van der Waals surface area contributed by atoms with Gasteiger partial charge in [-0.05, 0) is 74.2 Å². The maximum absolute atomic E-state index is 14.0. The van der Waals surface area contributed by atoms with Gasteiger partial charge in [-0.1, -0.05) is 66.9 Å². The van der Waals surface area contributed by atoms with Crippen molar-refractivity contribution in [3.05, 3.63) is 95.0 Å². The molecule has 0 unspecified atom stereocenters. The fourth-order valence-corrected chi connectivity index (χ4v) is 6.33. The summed E-state index contributed by atoms with van der Waals surface area (Å²) in [7, 11) is -4.13. The molecule has 0 aromatic heterocycles. The molecule has 0 bridgehead atoms. The zero-order valence-corrected chi connectivity index (χ0v) is 23.8. The Morgan fingerprint density at radius 1 is 0.974 bits per heavy atom. The summed E-state index contributed by atoms with van der Waals surface area (Å²) >= 11 is 6.00. The molecule has 1 aliphatic rings. The summed E-state index contributed by atoms with van der Waals surface area (Å²) in [5, 5.41) is 3.48. The van der Waals surface area contributed by atoms with Crippen molar-refractivity contribution in [2.45, 2.75) is 63.1 Å². The first kappa shape index (κ1) is 28.6. The van der Waals surface area contributed by atoms with E-state index in [2.05, 4.69) is 5.32 Å². The maximum atomic E-state index is 14.0. The largest absolute Gasteiger partial charge is 0.352 e. The molecule has 0 aliphatic heterocycles. The van der Waals surface area contributed by atoms with E-state index >= 15 is 0 Å². The van der Waals surface area contributed by atoms with Gasteiger partial charge in [-0.25, -0.2) is 8.42 Å². The molecule has 2 amide bonds. The minimum Gasteiger partial charge on any atom is -0.352 e. The van der Waals surface area contributed by atoms with Crippen molar-refractivity contribution in [3.8, 4) is 0 Å². The highest BCUT2D eigenvalue weighted by atomic mass is 35.5. The predicted molar refractivity (Wildman–Crippen MR) is 154 cm³/mol. The Bertz CT molecular complexity index is 1390. The number of amides is 2. The molecule has 3 aromatic rings. The minimum atomic E-state index is -4.13. The molecule has 7 nitrogen and oxygen atoms in total. The summed E-state index contributed by atoms with van der Waals surface area (Å²) in [6.45, 7) is 3.25. The van der Waals surface area contributed by atoms with E-state index in [1.54, 1.807) is 25.1 Å². The van der Waals surface area contributed by atoms with Gasteiger partial charge < -0.3 is 10.2 Å². The van der Waals surface area contributed by atoms with Gasteiger partial charge in [-0.3, -0.25) is 13.9 Å². The molecule has 0 spiro atoms. The third-order valence-corrected chi connectivity index (χ3v) is 9.07. The first-order valence-corrected chi connectivity index (χ1v) is 15.0. The third-order valence-electron chi connectivity index (χ3n) is 7.03. The molecule has 39 heavy (non-hydrogen) atoms. The van der Waals surface area contributed by atoms with E-state index in [4.69, 9.17) is 11.6 Å². The molecule has 3 aromatic carbocycles. The summed E-state index contributed by atoms with van der Waals surface area (Å²) in [6, 6.07) is 21.5. The number of hydrogen-bond donors (Lipinski definition) is 1. The van der Waals surface area contributed by atoms with Gasteiger partial charge >= 0.3 is 0 Å². The van der Waals surface area contributed by atoms with Crippen LogP contribution in [0.2, 0.25) is 5.02 Å². The van der Waals surface area contributed by atoms with Crippen LogP contribution in [0.4, 0.5) is 5.69 Å². The number of carbonyl (C=O) groups excluding carboxylic acids is 2. The van der Waals surface area contributed by atoms with Crippen molar-refractivity contribution in [1.29, 1.82) is 0 Å². The van der Waals surface area contributed by atoms with Crippen LogP contribution < -0.4 is 9.62 Å². The van der Waals surface area contributed by atoms with E-state index in [9.17, 15) is 18.0 Å². The van der Waals surface area contributed by atoms with Crippen LogP contribution in [0.1, 0.15) is 43.7 Å². The van der Waals surface area contributed by atoms with Crippen LogP contribution in [0.25, 0.3) is 0 Å². The standard InChI is InChI=1S/C30H34ClN3O4S/c1-22-9-8-14-27(19-22)34(39(37,38)28-17-15-25(31)16-18-28)21-29(35)33(20-24-10-4-3-5-11-24)23(2)30(36)32-26-12-6-7-13-26/h3-5,8-11,14-19,23,26H,6-7,12-13,20-21H2,1-2H3,(H,32,36)/t23-/m1/s1. The van der Waals surface area contributed by atoms with E-state index < -0.39 is 28.5 Å². The van der Waals surface area contributed by atoms with Gasteiger partial charge in [0.2, 0.25) is 11.8 Å². The van der Waals surface area contributed by atoms with Crippen molar-refractivity contribution in [2.75, 3.05) is 10.8 Å². The Balaban J connectivity index is 1.67. The van der Waals surface area contributed by atoms with Crippen molar-refractivity contribution in [3.63, 3.8) is 0 Å². The number of nitrogens with zero attached hydrogens (tertiary/aromatic N) is 2. The van der Waals surface area contributed by atoms with Crippen LogP contribution in [0, 0.1) is 6.92 Å². The second-order valence-corrected chi connectivity index (χ2v) is 12.3. The molecule has 206 valence electrons. The number of sulfonamides is 1. The van der Waals surface area contributed by atoms with Gasteiger partial charge in [0, 0.05) is 17.6 Å². The van der Waals surface area contributed by atoms with E-state index in [0.717, 1.165) is 41.1 Å². The van der Waals surface area contributed by atoms with E-state index in [-0.39, 0.29) is 23.4 Å². The van der Waals surface area contributed by atoms with Crippen LogP contribution in [0.15, 0.2) is 83.8 Å². The average Bonchev–Trinajstić information content (AvgIpc) is 3.43. The topological polar surface area (TPSA) is 86.8 Å². The lowest BCUT2D eigenvalue weighted by atomic mass is 10.1. The smallest absolute Gasteiger partial charge is 0.264 e. The summed E-state index contributed by atoms with van der Waals surface area (Å²) in [6.07, 6.45) is 3.98. The Hall–Kier alpha value is -3.36. The highest BCUT2D eigenvalue weighted by Gasteiger charge is 2.33. The molecule has 1 N–H and O–H groups in total. The van der Waals surface area contributed by atoms with Gasteiger partial charge in [-0.15, -0.1) is 0 Å². The fraction of sp³-hybridized carbons (Fsp3) is 0.333. The Kier molecular flexibility index (Phi) is 9.30. The summed E-state index contributed by atoms with van der Waals surface area (Å²) in [5.74, 6) is -0.721. The number of halogens is 1. The molecule has 1 saturated carbocycles. The molecular formula is C30H34ClN3O4S. The monoisotopic (exact) mass is 567 g/mol. The van der Waals surface area contributed by atoms with Gasteiger partial charge in [0.05, 0.1) is 10.6 Å². The summed E-state index contributed by atoms with van der Waals surface area (Å²) in [4.78, 5) is 28.7. The normalized spacial score (nSPS) is 14.5. The van der Waals surface area contributed by atoms with Crippen molar-refractivity contribution >= 4 is 39.1 Å². The zero-order valence-electron chi connectivity index (χ0n) is 22.2. The van der Waals surface area contributed by atoms with Gasteiger partial charge in [0.1, 0.15) is 12.6 Å². The van der Waals surface area contributed by atoms with Crippen LogP contribution >= 0.6 is 11.6 Å². The number of benzene rings is 3. The SMILES string of the molecule is Cc1cccc(N(CC(=O)N(Cc2ccccc2)[C@H](C)C(=O)NC2CCCC2)S(=O)(=O)c2ccc(Cl)cc2)c1. The first-order chi connectivity index (χ1) is 18.6. The summed E-state index contributed by atoms with van der Waals surface area (Å²) in [5.41, 5.74) is 2.05. The second-order valence-electron chi connectivity index (χ2n) is 9.98. The molecule has 4 rings (SSSR count). The molecule has 0 heterocycles. The highest BCUT2D eigenvalue weighted by molar-refractivity contribution is 7.92. The quantitative estimate of drug-likeness (QED) is 0.359. The van der Waals surface area contributed by atoms with Crippen LogP contribution in [-0.2, 0) is 26.2 Å². The number of aryl methyl sites for hydroxylation is 1. The number of rotatable bonds is 10. The molecule has 9 heteroatoms. The van der Waals surface area contributed by atoms with E-state index in [0.29, 0.717) is 10.7 Å². The third kappa shape index (κ3) is 7.19. The van der Waals surface area contributed by atoms with E-state index in [1.807, 2.05) is 43.3 Å². The Morgan fingerprint density at radius 3 is 2.28 bits per heavy atom. The molecule has 1 atom stereocenters. The summed E-state index contributed by atoms with van der Waals surface area (Å²) < 4.78 is 28.8. The Labute approximate surface area is 235 Å².